The van der Waals surface area contributed by atoms with Gasteiger partial charge in [0.25, 0.3) is 5.91 Å². The number of nitrogens with zero attached hydrogens (tertiary/aromatic N) is 1. The molecule has 2 aromatic heterocycles. The van der Waals surface area contributed by atoms with E-state index in [9.17, 15) is 9.59 Å². The summed E-state index contributed by atoms with van der Waals surface area (Å²) in [6.07, 6.45) is 2.90. The predicted molar refractivity (Wildman–Crippen MR) is 101 cm³/mol. The van der Waals surface area contributed by atoms with E-state index in [2.05, 4.69) is 10.5 Å². The van der Waals surface area contributed by atoms with E-state index in [1.165, 1.54) is 30.9 Å². The lowest BCUT2D eigenvalue weighted by atomic mass is 10.2. The molecular weight excluding hydrogens is 368 g/mol. The van der Waals surface area contributed by atoms with Gasteiger partial charge in [-0.2, -0.15) is 5.10 Å². The number of nitrogens with one attached hydrogen (secondary N) is 1. The molecule has 0 aliphatic heterocycles. The van der Waals surface area contributed by atoms with E-state index >= 15 is 0 Å². The van der Waals surface area contributed by atoms with Crippen LogP contribution in [0.1, 0.15) is 31.4 Å². The normalized spacial score (nSPS) is 10.7. The number of aryl methyl sites for hydroxylation is 1. The van der Waals surface area contributed by atoms with Gasteiger partial charge in [0.05, 0.1) is 25.2 Å². The summed E-state index contributed by atoms with van der Waals surface area (Å²) < 4.78 is 15.7. The van der Waals surface area contributed by atoms with Crippen molar-refractivity contribution in [3.63, 3.8) is 0 Å². The standard InChI is InChI=1S/C19H16N2O5S/c1-12-14(7-8-25-12)18(22)21-20-11-13-5-6-15(16(10-13)24-2)26-19(23)17-4-3-9-27-17/h3-11H,1-2H3,(H,21,22)/b20-11-. The van der Waals surface area contributed by atoms with Crippen LogP contribution in [0.25, 0.3) is 0 Å². The molecule has 7 nitrogen and oxygen atoms in total. The quantitative estimate of drug-likeness (QED) is 0.303. The molecule has 0 fully saturated rings. The maximum Gasteiger partial charge on any atom is 0.353 e. The highest BCUT2D eigenvalue weighted by Crippen LogP contribution is 2.28. The summed E-state index contributed by atoms with van der Waals surface area (Å²) in [4.78, 5) is 24.5. The second kappa shape index (κ2) is 8.33. The summed E-state index contributed by atoms with van der Waals surface area (Å²) in [7, 11) is 1.47. The molecule has 0 atom stereocenters. The minimum atomic E-state index is -0.451. The molecule has 1 amide bonds. The van der Waals surface area contributed by atoms with Crippen molar-refractivity contribution in [2.75, 3.05) is 7.11 Å². The summed E-state index contributed by atoms with van der Waals surface area (Å²) in [6, 6.07) is 9.98. The van der Waals surface area contributed by atoms with Crippen LogP contribution in [0.3, 0.4) is 0 Å². The van der Waals surface area contributed by atoms with Crippen molar-refractivity contribution >= 4 is 29.4 Å². The molecule has 138 valence electrons. The van der Waals surface area contributed by atoms with Crippen LogP contribution < -0.4 is 14.9 Å². The number of ether oxygens (including phenoxy) is 2. The first-order chi connectivity index (χ1) is 13.1. The van der Waals surface area contributed by atoms with E-state index in [1.807, 2.05) is 0 Å². The van der Waals surface area contributed by atoms with Crippen LogP contribution >= 0.6 is 11.3 Å². The number of carbonyl (C=O) groups excluding carboxylic acids is 2. The largest absolute Gasteiger partial charge is 0.493 e. The summed E-state index contributed by atoms with van der Waals surface area (Å²) in [6.45, 7) is 1.69. The third-order valence-electron chi connectivity index (χ3n) is 3.60. The van der Waals surface area contributed by atoms with Gasteiger partial charge in [0.2, 0.25) is 0 Å². The van der Waals surface area contributed by atoms with Crippen LogP contribution in [0.4, 0.5) is 0 Å². The second-order valence-corrected chi connectivity index (χ2v) is 6.31. The zero-order chi connectivity index (χ0) is 19.2. The van der Waals surface area contributed by atoms with E-state index in [-0.39, 0.29) is 5.91 Å². The third-order valence-corrected chi connectivity index (χ3v) is 4.45. The van der Waals surface area contributed by atoms with Crippen molar-refractivity contribution in [2.45, 2.75) is 6.92 Å². The Bertz CT molecular complexity index is 976. The summed E-state index contributed by atoms with van der Waals surface area (Å²) in [5.74, 6) is 0.367. The fourth-order valence-electron chi connectivity index (χ4n) is 2.24. The number of furan rings is 1. The first-order valence-electron chi connectivity index (χ1n) is 7.89. The Morgan fingerprint density at radius 1 is 1.22 bits per heavy atom. The zero-order valence-corrected chi connectivity index (χ0v) is 15.4. The summed E-state index contributed by atoms with van der Waals surface area (Å²) >= 11 is 1.30. The highest BCUT2D eigenvalue weighted by atomic mass is 32.1. The van der Waals surface area contributed by atoms with Crippen molar-refractivity contribution in [3.8, 4) is 11.5 Å². The number of esters is 1. The van der Waals surface area contributed by atoms with Crippen molar-refractivity contribution < 1.29 is 23.5 Å². The molecule has 8 heteroatoms. The molecule has 0 bridgehead atoms. The molecule has 1 N–H and O–H groups in total. The highest BCUT2D eigenvalue weighted by Gasteiger charge is 2.14. The Kier molecular flexibility index (Phi) is 5.68. The Labute approximate surface area is 159 Å². The number of rotatable bonds is 6. The van der Waals surface area contributed by atoms with Crippen molar-refractivity contribution in [1.82, 2.24) is 5.43 Å². The van der Waals surface area contributed by atoms with E-state index in [0.717, 1.165) is 0 Å². The van der Waals surface area contributed by atoms with E-state index in [0.29, 0.717) is 33.3 Å². The minimum Gasteiger partial charge on any atom is -0.493 e. The lowest BCUT2D eigenvalue weighted by Crippen LogP contribution is -2.17. The monoisotopic (exact) mass is 384 g/mol. The molecule has 1 aromatic carbocycles. The van der Waals surface area contributed by atoms with Gasteiger partial charge in [-0.3, -0.25) is 4.79 Å². The summed E-state index contributed by atoms with van der Waals surface area (Å²) in [5.41, 5.74) is 3.50. The highest BCUT2D eigenvalue weighted by molar-refractivity contribution is 7.12. The molecule has 2 heterocycles. The zero-order valence-electron chi connectivity index (χ0n) is 14.6. The molecule has 3 aromatic rings. The van der Waals surface area contributed by atoms with Gasteiger partial charge >= 0.3 is 5.97 Å². The SMILES string of the molecule is COc1cc(/C=N\NC(=O)c2ccoc2C)ccc1OC(=O)c1cccs1. The lowest BCUT2D eigenvalue weighted by molar-refractivity contribution is 0.0734. The van der Waals surface area contributed by atoms with Crippen LogP contribution in [-0.4, -0.2) is 25.2 Å². The fraction of sp³-hybridized carbons (Fsp3) is 0.105. The first kappa shape index (κ1) is 18.4. The van der Waals surface area contributed by atoms with Crippen LogP contribution in [-0.2, 0) is 0 Å². The van der Waals surface area contributed by atoms with Gasteiger partial charge in [-0.05, 0) is 48.2 Å². The maximum absolute atomic E-state index is 12.1. The minimum absolute atomic E-state index is 0.297. The molecule has 0 aliphatic carbocycles. The average molecular weight is 384 g/mol. The third kappa shape index (κ3) is 4.42. The van der Waals surface area contributed by atoms with E-state index in [1.54, 1.807) is 48.7 Å². The Hall–Kier alpha value is -3.39. The fourth-order valence-corrected chi connectivity index (χ4v) is 2.84. The number of hydrazone groups is 1. The molecule has 0 unspecified atom stereocenters. The molecule has 0 aliphatic rings. The van der Waals surface area contributed by atoms with Gasteiger partial charge in [0.15, 0.2) is 11.5 Å². The number of thiophene rings is 1. The number of amides is 1. The number of hydrogen-bond donors (Lipinski definition) is 1. The molecule has 3 rings (SSSR count). The average Bonchev–Trinajstić information content (AvgIpc) is 3.34. The van der Waals surface area contributed by atoms with Crippen molar-refractivity contribution in [1.29, 1.82) is 0 Å². The van der Waals surface area contributed by atoms with Crippen molar-refractivity contribution in [3.05, 3.63) is 69.8 Å². The van der Waals surface area contributed by atoms with Crippen molar-refractivity contribution in [2.24, 2.45) is 5.10 Å². The Balaban J connectivity index is 1.67. The van der Waals surface area contributed by atoms with Crippen LogP contribution in [0.2, 0.25) is 0 Å². The molecule has 0 radical (unpaired) electrons. The van der Waals surface area contributed by atoms with E-state index in [4.69, 9.17) is 13.9 Å². The second-order valence-electron chi connectivity index (χ2n) is 5.37. The van der Waals surface area contributed by atoms with E-state index < -0.39 is 5.97 Å². The predicted octanol–water partition coefficient (Wildman–Crippen LogP) is 3.64. The summed E-state index contributed by atoms with van der Waals surface area (Å²) in [5, 5.41) is 5.72. The lowest BCUT2D eigenvalue weighted by Gasteiger charge is -2.09. The number of carbonyl (C=O) groups is 2. The number of benzene rings is 1. The molecule has 0 saturated carbocycles. The van der Waals surface area contributed by atoms with Gasteiger partial charge in [0.1, 0.15) is 10.6 Å². The number of methoxy groups -OCH3 is 1. The number of hydrogen-bond acceptors (Lipinski definition) is 7. The van der Waals surface area contributed by atoms with Crippen LogP contribution in [0.5, 0.6) is 11.5 Å². The Morgan fingerprint density at radius 2 is 2.07 bits per heavy atom. The Morgan fingerprint density at radius 3 is 2.74 bits per heavy atom. The van der Waals surface area contributed by atoms with Crippen LogP contribution in [0.15, 0.2) is 57.6 Å². The first-order valence-corrected chi connectivity index (χ1v) is 8.77. The molecule has 0 spiro atoms. The smallest absolute Gasteiger partial charge is 0.353 e. The maximum atomic E-state index is 12.1. The molecular formula is C19H16N2O5S. The van der Waals surface area contributed by atoms with Gasteiger partial charge in [-0.1, -0.05) is 6.07 Å². The van der Waals surface area contributed by atoms with Gasteiger partial charge in [-0.15, -0.1) is 11.3 Å². The van der Waals surface area contributed by atoms with Gasteiger partial charge in [0, 0.05) is 0 Å². The van der Waals surface area contributed by atoms with Gasteiger partial charge < -0.3 is 13.9 Å². The van der Waals surface area contributed by atoms with Gasteiger partial charge in [-0.25, -0.2) is 10.2 Å². The molecule has 0 saturated heterocycles. The van der Waals surface area contributed by atoms with Crippen LogP contribution in [0, 0.1) is 6.92 Å². The molecule has 27 heavy (non-hydrogen) atoms. The topological polar surface area (TPSA) is 90.1 Å².